The van der Waals surface area contributed by atoms with Crippen LogP contribution in [-0.2, 0) is 4.74 Å². The molecule has 1 aliphatic heterocycles. The van der Waals surface area contributed by atoms with Crippen LogP contribution in [0.2, 0.25) is 0 Å². The molecule has 7 N–H and O–H groups in total. The fraction of sp³-hybridized carbons (Fsp3) is 0.538. The zero-order valence-electron chi connectivity index (χ0n) is 13.1. The Kier molecular flexibility index (Phi) is 4.57. The van der Waals surface area contributed by atoms with Crippen molar-refractivity contribution in [2.75, 3.05) is 13.1 Å². The molecule has 11 heteroatoms. The van der Waals surface area contributed by atoms with Gasteiger partial charge in [-0.05, 0) is 6.54 Å². The van der Waals surface area contributed by atoms with Gasteiger partial charge in [-0.2, -0.15) is 4.99 Å². The van der Waals surface area contributed by atoms with Crippen LogP contribution in [0.25, 0.3) is 11.2 Å². The minimum atomic E-state index is -1.12. The second-order valence-electron chi connectivity index (χ2n) is 5.41. The van der Waals surface area contributed by atoms with Crippen LogP contribution >= 0.6 is 0 Å². The average Bonchev–Trinajstić information content (AvgIpc) is 3.09. The number of aliphatic imine (C=N–C) groups is 1. The lowest BCUT2D eigenvalue weighted by molar-refractivity contribution is -0.0340. The maximum absolute atomic E-state index is 10.3. The van der Waals surface area contributed by atoms with Crippen LogP contribution in [0.1, 0.15) is 13.2 Å². The predicted molar refractivity (Wildman–Crippen MR) is 85.3 cm³/mol. The third-order valence-electron chi connectivity index (χ3n) is 3.78. The van der Waals surface area contributed by atoms with Crippen molar-refractivity contribution in [1.29, 1.82) is 0 Å². The fourth-order valence-electron chi connectivity index (χ4n) is 2.64. The number of nitrogens with zero attached hydrogens (tertiary/aromatic N) is 5. The maximum atomic E-state index is 10.3. The molecule has 2 aromatic heterocycles. The molecule has 4 atom stereocenters. The first-order valence-corrected chi connectivity index (χ1v) is 7.52. The molecule has 1 saturated heterocycles. The smallest absolute Gasteiger partial charge is 0.192 e. The van der Waals surface area contributed by atoms with E-state index in [0.29, 0.717) is 17.7 Å². The lowest BCUT2D eigenvalue weighted by atomic mass is 10.1. The number of aliphatic hydroxyl groups is 2. The lowest BCUT2D eigenvalue weighted by Crippen LogP contribution is -2.37. The van der Waals surface area contributed by atoms with Crippen molar-refractivity contribution in [3.63, 3.8) is 0 Å². The van der Waals surface area contributed by atoms with Crippen LogP contribution in [0, 0.1) is 0 Å². The molecule has 0 saturated carbocycles. The van der Waals surface area contributed by atoms with Crippen LogP contribution in [0.3, 0.4) is 0 Å². The standard InChI is InChI=1S/C13H20N8O3/c1-2-16-3-6-8(22)9(23)12(24-6)21-5-19-7-10(20-13(14)15)17-4-18-11(7)21/h4-6,8-9,12,16,22-23H,2-3H2,1H3,(H4,14,15,17,18,20)/t6-,8-,9-,12-/m1/s1. The molecular weight excluding hydrogens is 316 g/mol. The molecule has 0 unspecified atom stereocenters. The topological polar surface area (TPSA) is 170 Å². The Morgan fingerprint density at radius 1 is 1.33 bits per heavy atom. The van der Waals surface area contributed by atoms with Gasteiger partial charge >= 0.3 is 0 Å². The molecule has 11 nitrogen and oxygen atoms in total. The van der Waals surface area contributed by atoms with E-state index in [1.54, 1.807) is 0 Å². The number of hydrogen-bond acceptors (Lipinski definition) is 8. The van der Waals surface area contributed by atoms with Crippen molar-refractivity contribution < 1.29 is 14.9 Å². The van der Waals surface area contributed by atoms with Gasteiger partial charge in [0, 0.05) is 6.54 Å². The molecular formula is C13H20N8O3. The van der Waals surface area contributed by atoms with Crippen LogP contribution in [0.5, 0.6) is 0 Å². The molecule has 24 heavy (non-hydrogen) atoms. The highest BCUT2D eigenvalue weighted by Crippen LogP contribution is 2.32. The summed E-state index contributed by atoms with van der Waals surface area (Å²) in [7, 11) is 0. The predicted octanol–water partition coefficient (Wildman–Crippen LogP) is -2.04. The number of likely N-dealkylation sites (N-methyl/N-ethyl adjacent to an activating group) is 1. The first kappa shape index (κ1) is 16.5. The number of hydrogen-bond donors (Lipinski definition) is 5. The van der Waals surface area contributed by atoms with E-state index in [1.165, 1.54) is 17.2 Å². The summed E-state index contributed by atoms with van der Waals surface area (Å²) in [6.07, 6.45) is -0.771. The van der Waals surface area contributed by atoms with Gasteiger partial charge in [-0.15, -0.1) is 0 Å². The van der Waals surface area contributed by atoms with Crippen LogP contribution in [0.15, 0.2) is 17.6 Å². The second kappa shape index (κ2) is 6.65. The summed E-state index contributed by atoms with van der Waals surface area (Å²) in [6, 6.07) is 0. The van der Waals surface area contributed by atoms with Crippen molar-refractivity contribution in [3.05, 3.63) is 12.7 Å². The molecule has 0 aliphatic carbocycles. The summed E-state index contributed by atoms with van der Waals surface area (Å²) in [6.45, 7) is 3.10. The van der Waals surface area contributed by atoms with Crippen molar-refractivity contribution >= 4 is 22.9 Å². The van der Waals surface area contributed by atoms with Gasteiger partial charge in [0.1, 0.15) is 24.6 Å². The zero-order valence-corrected chi connectivity index (χ0v) is 13.1. The van der Waals surface area contributed by atoms with E-state index >= 15 is 0 Å². The average molecular weight is 336 g/mol. The number of nitrogens with two attached hydrogens (primary N) is 2. The molecule has 2 aromatic rings. The van der Waals surface area contributed by atoms with E-state index in [0.717, 1.165) is 6.54 Å². The molecule has 0 radical (unpaired) electrons. The van der Waals surface area contributed by atoms with Crippen molar-refractivity contribution in [1.82, 2.24) is 24.8 Å². The summed E-state index contributed by atoms with van der Waals surface area (Å²) in [5.41, 5.74) is 11.5. The van der Waals surface area contributed by atoms with Gasteiger partial charge in [-0.1, -0.05) is 6.92 Å². The number of rotatable bonds is 5. The number of ether oxygens (including phenoxy) is 1. The monoisotopic (exact) mass is 336 g/mol. The number of nitrogens with one attached hydrogen (secondary N) is 1. The van der Waals surface area contributed by atoms with E-state index in [-0.39, 0.29) is 11.8 Å². The maximum Gasteiger partial charge on any atom is 0.192 e. The molecule has 0 amide bonds. The highest BCUT2D eigenvalue weighted by molar-refractivity contribution is 5.86. The molecule has 1 aliphatic rings. The minimum Gasteiger partial charge on any atom is -0.387 e. The summed E-state index contributed by atoms with van der Waals surface area (Å²) >= 11 is 0. The Hall–Kier alpha value is -2.34. The largest absolute Gasteiger partial charge is 0.387 e. The SMILES string of the molecule is CCNC[C@H]1O[C@@H](n2cnc3c(N=C(N)N)ncnc32)[C@H](O)[C@@H]1O. The number of aromatic nitrogens is 4. The first-order valence-electron chi connectivity index (χ1n) is 7.52. The van der Waals surface area contributed by atoms with Crippen molar-refractivity contribution in [3.8, 4) is 0 Å². The van der Waals surface area contributed by atoms with E-state index in [1.807, 2.05) is 6.92 Å². The summed E-state index contributed by atoms with van der Waals surface area (Å²) in [5, 5.41) is 23.6. The van der Waals surface area contributed by atoms with Crippen LogP contribution in [-0.4, -0.2) is 67.1 Å². The van der Waals surface area contributed by atoms with Gasteiger partial charge in [-0.25, -0.2) is 15.0 Å². The minimum absolute atomic E-state index is 0.150. The third kappa shape index (κ3) is 2.89. The molecule has 0 spiro atoms. The summed E-state index contributed by atoms with van der Waals surface area (Å²) < 4.78 is 7.31. The van der Waals surface area contributed by atoms with Gasteiger partial charge in [0.05, 0.1) is 6.33 Å². The molecule has 3 heterocycles. The second-order valence-corrected chi connectivity index (χ2v) is 5.41. The molecule has 3 rings (SSSR count). The normalized spacial score (nSPS) is 26.8. The van der Waals surface area contributed by atoms with E-state index in [9.17, 15) is 10.2 Å². The Morgan fingerprint density at radius 3 is 2.83 bits per heavy atom. The third-order valence-corrected chi connectivity index (χ3v) is 3.78. The summed E-state index contributed by atoms with van der Waals surface area (Å²) in [5.74, 6) is 0.0683. The Bertz CT molecular complexity index is 744. The lowest BCUT2D eigenvalue weighted by Gasteiger charge is -2.16. The van der Waals surface area contributed by atoms with Gasteiger partial charge in [0.15, 0.2) is 29.2 Å². The van der Waals surface area contributed by atoms with E-state index < -0.39 is 24.5 Å². The van der Waals surface area contributed by atoms with Crippen molar-refractivity contribution in [2.24, 2.45) is 16.5 Å². The fourth-order valence-corrected chi connectivity index (χ4v) is 2.64. The molecule has 0 bridgehead atoms. The number of imidazole rings is 1. The number of guanidine groups is 1. The van der Waals surface area contributed by atoms with Gasteiger partial charge < -0.3 is 31.7 Å². The highest BCUT2D eigenvalue weighted by Gasteiger charge is 2.44. The van der Waals surface area contributed by atoms with Gasteiger partial charge in [0.2, 0.25) is 0 Å². The zero-order chi connectivity index (χ0) is 17.3. The summed E-state index contributed by atoms with van der Waals surface area (Å²) in [4.78, 5) is 16.2. The van der Waals surface area contributed by atoms with Crippen LogP contribution < -0.4 is 16.8 Å². The number of aliphatic hydroxyl groups excluding tert-OH is 2. The van der Waals surface area contributed by atoms with Gasteiger partial charge in [-0.3, -0.25) is 4.57 Å². The van der Waals surface area contributed by atoms with E-state index in [4.69, 9.17) is 16.2 Å². The van der Waals surface area contributed by atoms with Crippen molar-refractivity contribution in [2.45, 2.75) is 31.5 Å². The Labute approximate surface area is 137 Å². The Morgan fingerprint density at radius 2 is 2.12 bits per heavy atom. The van der Waals surface area contributed by atoms with E-state index in [2.05, 4.69) is 25.3 Å². The molecule has 130 valence electrons. The van der Waals surface area contributed by atoms with Gasteiger partial charge in [0.25, 0.3) is 0 Å². The first-order chi connectivity index (χ1) is 11.5. The number of fused-ring (bicyclic) bond motifs is 1. The molecule has 0 aromatic carbocycles. The highest BCUT2D eigenvalue weighted by atomic mass is 16.6. The van der Waals surface area contributed by atoms with Crippen LogP contribution in [0.4, 0.5) is 5.82 Å². The quantitative estimate of drug-likeness (QED) is 0.305. The Balaban J connectivity index is 1.94. The molecule has 1 fully saturated rings.